The zero-order chi connectivity index (χ0) is 20.8. The lowest BCUT2D eigenvalue weighted by Gasteiger charge is -2.05. The molecule has 0 saturated heterocycles. The minimum Gasteiger partial charge on any atom is -0.493 e. The van der Waals surface area contributed by atoms with Crippen LogP contribution in [-0.4, -0.2) is 40.7 Å². The number of hydrogen-bond donors (Lipinski definition) is 3. The first kappa shape index (κ1) is 18.0. The summed E-state index contributed by atoms with van der Waals surface area (Å²) < 4.78 is 34.2. The number of benzene rings is 1. The number of imidazole rings is 1. The Morgan fingerprint density at radius 2 is 2.10 bits per heavy atom. The van der Waals surface area contributed by atoms with Gasteiger partial charge in [0.15, 0.2) is 17.2 Å². The summed E-state index contributed by atoms with van der Waals surface area (Å²) in [4.78, 5) is 28.9. The van der Waals surface area contributed by atoms with Crippen molar-refractivity contribution < 1.29 is 18.6 Å². The number of rotatable bonds is 4. The van der Waals surface area contributed by atoms with Gasteiger partial charge in [-0.15, -0.1) is 0 Å². The molecule has 1 fully saturated rings. The molecule has 1 aromatic carbocycles. The predicted octanol–water partition coefficient (Wildman–Crippen LogP) is 0.528. The minimum atomic E-state index is -0.782. The van der Waals surface area contributed by atoms with E-state index in [9.17, 15) is 18.7 Å². The normalized spacial score (nSPS) is 15.3. The maximum Gasteiger partial charge on any atom is 0.327 e. The van der Waals surface area contributed by atoms with Crippen LogP contribution < -0.4 is 21.3 Å². The molecule has 10 nitrogen and oxygen atoms in total. The van der Waals surface area contributed by atoms with Gasteiger partial charge in [-0.25, -0.2) is 18.6 Å². The summed E-state index contributed by atoms with van der Waals surface area (Å²) in [7, 11) is 0. The number of fused-ring (bicyclic) bond motifs is 1. The first-order valence-electron chi connectivity index (χ1n) is 8.92. The smallest absolute Gasteiger partial charge is 0.327 e. The first-order valence-corrected chi connectivity index (χ1v) is 8.92. The van der Waals surface area contributed by atoms with Crippen molar-refractivity contribution in [3.8, 4) is 17.6 Å². The van der Waals surface area contributed by atoms with Gasteiger partial charge < -0.3 is 14.8 Å². The van der Waals surface area contributed by atoms with Gasteiger partial charge in [-0.1, -0.05) is 0 Å². The van der Waals surface area contributed by atoms with Crippen molar-refractivity contribution in [1.29, 1.82) is 0 Å². The molecule has 1 aliphatic rings. The lowest BCUT2D eigenvalue weighted by Crippen LogP contribution is -2.23. The van der Waals surface area contributed by atoms with Gasteiger partial charge in [-0.3, -0.25) is 4.98 Å². The van der Waals surface area contributed by atoms with E-state index in [1.807, 2.05) is 0 Å². The topological polar surface area (TPSA) is 134 Å². The number of aromatic amines is 2. The molecular formula is C18H13F2N7O3. The average Bonchev–Trinajstić information content (AvgIpc) is 3.34. The molecule has 30 heavy (non-hydrogen) atoms. The van der Waals surface area contributed by atoms with Crippen LogP contribution >= 0.6 is 0 Å². The van der Waals surface area contributed by atoms with E-state index in [1.54, 1.807) is 0 Å². The van der Waals surface area contributed by atoms with Gasteiger partial charge in [0, 0.05) is 11.3 Å². The van der Waals surface area contributed by atoms with Crippen molar-refractivity contribution in [2.24, 2.45) is 4.99 Å². The van der Waals surface area contributed by atoms with E-state index in [2.05, 4.69) is 30.0 Å². The Balaban J connectivity index is 1.69. The Morgan fingerprint density at radius 3 is 2.83 bits per heavy atom. The highest BCUT2D eigenvalue weighted by atomic mass is 19.1. The van der Waals surface area contributed by atoms with Crippen molar-refractivity contribution in [3.63, 3.8) is 0 Å². The summed E-state index contributed by atoms with van der Waals surface area (Å²) in [6.45, 7) is 0. The molecule has 12 heteroatoms. The summed E-state index contributed by atoms with van der Waals surface area (Å²) in [5, 5.41) is 14.4. The molecule has 0 spiro atoms. The number of ether oxygens (including phenoxy) is 1. The molecule has 0 aliphatic heterocycles. The third kappa shape index (κ3) is 3.38. The highest BCUT2D eigenvalue weighted by Gasteiger charge is 2.21. The number of aromatic nitrogens is 6. The third-order valence-electron chi connectivity index (χ3n) is 4.33. The quantitative estimate of drug-likeness (QED) is 0.447. The third-order valence-corrected chi connectivity index (χ3v) is 4.33. The van der Waals surface area contributed by atoms with Crippen molar-refractivity contribution in [1.82, 2.24) is 29.5 Å². The number of halogens is 2. The van der Waals surface area contributed by atoms with E-state index in [0.29, 0.717) is 5.22 Å². The highest BCUT2D eigenvalue weighted by molar-refractivity contribution is 5.56. The Bertz CT molecular complexity index is 1450. The van der Waals surface area contributed by atoms with E-state index in [4.69, 9.17) is 4.74 Å². The molecule has 3 heterocycles. The summed E-state index contributed by atoms with van der Waals surface area (Å²) in [5.74, 6) is -2.19. The Kier molecular flexibility index (Phi) is 4.05. The van der Waals surface area contributed by atoms with Crippen LogP contribution in [0.4, 0.5) is 8.78 Å². The number of hydrogen-bond acceptors (Lipinski definition) is 7. The van der Waals surface area contributed by atoms with Crippen molar-refractivity contribution in [3.05, 3.63) is 63.0 Å². The molecule has 0 radical (unpaired) electrons. The van der Waals surface area contributed by atoms with Gasteiger partial charge in [0.05, 0.1) is 12.2 Å². The molecule has 3 aromatic heterocycles. The van der Waals surface area contributed by atoms with Crippen LogP contribution in [0.25, 0.3) is 11.7 Å². The van der Waals surface area contributed by atoms with Crippen LogP contribution in [0, 0.1) is 11.6 Å². The van der Waals surface area contributed by atoms with Crippen LogP contribution in [0.15, 0.2) is 34.2 Å². The average molecular weight is 413 g/mol. The van der Waals surface area contributed by atoms with Gasteiger partial charge in [0.25, 0.3) is 5.62 Å². The van der Waals surface area contributed by atoms with Crippen molar-refractivity contribution in [2.45, 2.75) is 18.9 Å². The Labute approximate surface area is 165 Å². The summed E-state index contributed by atoms with van der Waals surface area (Å²) >= 11 is 0. The number of nitrogens with zero attached hydrogens (tertiary/aromatic N) is 5. The van der Waals surface area contributed by atoms with E-state index in [0.717, 1.165) is 31.0 Å². The van der Waals surface area contributed by atoms with Crippen molar-refractivity contribution in [2.75, 3.05) is 0 Å². The van der Waals surface area contributed by atoms with Crippen LogP contribution in [0.2, 0.25) is 0 Å². The van der Waals surface area contributed by atoms with E-state index < -0.39 is 17.3 Å². The van der Waals surface area contributed by atoms with Gasteiger partial charge >= 0.3 is 11.7 Å². The molecule has 0 bridgehead atoms. The van der Waals surface area contributed by atoms with Crippen LogP contribution in [-0.2, 0) is 0 Å². The Morgan fingerprint density at radius 1 is 1.27 bits per heavy atom. The monoisotopic (exact) mass is 413 g/mol. The lowest BCUT2D eigenvalue weighted by atomic mass is 10.3. The molecule has 3 N–H and O–H groups in total. The fraction of sp³-hybridized carbons (Fsp3) is 0.167. The maximum absolute atomic E-state index is 14.0. The highest BCUT2D eigenvalue weighted by Crippen LogP contribution is 2.24. The van der Waals surface area contributed by atoms with E-state index >= 15 is 0 Å². The van der Waals surface area contributed by atoms with Gasteiger partial charge in [0.1, 0.15) is 11.5 Å². The molecular weight excluding hydrogens is 400 g/mol. The molecule has 1 aliphatic carbocycles. The van der Waals surface area contributed by atoms with Crippen molar-refractivity contribution >= 4 is 11.7 Å². The largest absolute Gasteiger partial charge is 0.493 e. The fourth-order valence-corrected chi connectivity index (χ4v) is 2.76. The molecule has 5 rings (SSSR count). The Hall–Kier alpha value is -4.09. The summed E-state index contributed by atoms with van der Waals surface area (Å²) in [6, 6.07) is 2.61. The molecule has 0 atom stereocenters. The maximum atomic E-state index is 14.0. The molecule has 1 saturated carbocycles. The predicted molar refractivity (Wildman–Crippen MR) is 97.7 cm³/mol. The van der Waals surface area contributed by atoms with Crippen LogP contribution in [0.1, 0.15) is 18.5 Å². The molecule has 0 unspecified atom stereocenters. The SMILES string of the molecule is O=c1[nH]c(O)c(/C=c2\cnn3c(=NC4CC4)nc(Oc4cc(F)ccc4F)nc23)[nH]1. The van der Waals surface area contributed by atoms with Gasteiger partial charge in [-0.2, -0.15) is 19.6 Å². The minimum absolute atomic E-state index is 0.0866. The van der Waals surface area contributed by atoms with E-state index in [1.165, 1.54) is 16.8 Å². The first-order chi connectivity index (χ1) is 14.5. The zero-order valence-corrected chi connectivity index (χ0v) is 15.1. The number of nitrogens with one attached hydrogen (secondary N) is 2. The number of H-pyrrole nitrogens is 2. The fourth-order valence-electron chi connectivity index (χ4n) is 2.76. The summed E-state index contributed by atoms with van der Waals surface area (Å²) in [6.07, 6.45) is 4.68. The van der Waals surface area contributed by atoms with Crippen LogP contribution in [0.3, 0.4) is 0 Å². The van der Waals surface area contributed by atoms with Crippen LogP contribution in [0.5, 0.6) is 17.6 Å². The molecule has 152 valence electrons. The summed E-state index contributed by atoms with van der Waals surface area (Å²) in [5.41, 5.74) is -0.0499. The standard InChI is InChI=1S/C18H13F2N7O3/c19-9-1-4-11(20)13(6-9)30-18-24-14-8(5-12-15(28)25-17(29)23-12)7-21-27(14)16(26-18)22-10-2-3-10/h1,4-7,10,28H,2-3H2,(H2,23,25,29)/b8-5+,22-16?. The lowest BCUT2D eigenvalue weighted by molar-refractivity contribution is 0.402. The molecule has 0 amide bonds. The second-order valence-electron chi connectivity index (χ2n) is 6.66. The van der Waals surface area contributed by atoms with E-state index in [-0.39, 0.29) is 40.6 Å². The van der Waals surface area contributed by atoms with Gasteiger partial charge in [0.2, 0.25) is 5.88 Å². The molecule has 4 aromatic rings. The zero-order valence-electron chi connectivity index (χ0n) is 15.1. The number of aromatic hydroxyl groups is 1. The van der Waals surface area contributed by atoms with Gasteiger partial charge in [-0.05, 0) is 31.1 Å². The second-order valence-corrected chi connectivity index (χ2v) is 6.66. The second kappa shape index (κ2) is 6.76.